The molecule has 0 atom stereocenters. The van der Waals surface area contributed by atoms with E-state index in [0.29, 0.717) is 5.82 Å². The fourth-order valence-corrected chi connectivity index (χ4v) is 1.91. The quantitative estimate of drug-likeness (QED) is 0.527. The normalized spacial score (nSPS) is 14.6. The zero-order chi connectivity index (χ0) is 12.1. The Bertz CT molecular complexity index is 347. The van der Waals surface area contributed by atoms with Gasteiger partial charge >= 0.3 is 0 Å². The van der Waals surface area contributed by atoms with E-state index < -0.39 is 0 Å². The fourth-order valence-electron chi connectivity index (χ4n) is 1.91. The van der Waals surface area contributed by atoms with Crippen molar-refractivity contribution in [1.82, 2.24) is 15.1 Å². The van der Waals surface area contributed by atoms with Crippen LogP contribution in [0.1, 0.15) is 0 Å². The monoisotopic (exact) mass is 346 g/mol. The maximum Gasteiger partial charge on any atom is 0.162 e. The number of aliphatic hydroxyl groups excluding tert-OH is 1. The van der Waals surface area contributed by atoms with Crippen molar-refractivity contribution in [3.63, 3.8) is 0 Å². The minimum absolute atomic E-state index is 0. The van der Waals surface area contributed by atoms with Gasteiger partial charge in [-0.25, -0.2) is 5.84 Å². The molecule has 1 fully saturated rings. The van der Waals surface area contributed by atoms with E-state index in [1.807, 2.05) is 12.1 Å². The summed E-state index contributed by atoms with van der Waals surface area (Å²) >= 11 is 0. The van der Waals surface area contributed by atoms with Crippen molar-refractivity contribution in [3.05, 3.63) is 12.1 Å². The van der Waals surface area contributed by atoms with Gasteiger partial charge in [-0.1, -0.05) is 0 Å². The second-order valence-electron chi connectivity index (χ2n) is 3.97. The van der Waals surface area contributed by atoms with E-state index in [1.54, 1.807) is 0 Å². The third-order valence-corrected chi connectivity index (χ3v) is 2.91. The number of halogens is 3. The van der Waals surface area contributed by atoms with E-state index in [0.717, 1.165) is 38.5 Å². The molecule has 118 valence electrons. The Balaban J connectivity index is 0. The minimum atomic E-state index is 0. The van der Waals surface area contributed by atoms with Crippen molar-refractivity contribution in [2.75, 3.05) is 49.7 Å². The molecule has 20 heavy (non-hydrogen) atoms. The minimum Gasteiger partial charge on any atom is -0.395 e. The van der Waals surface area contributed by atoms with Crippen molar-refractivity contribution in [2.45, 2.75) is 0 Å². The summed E-state index contributed by atoms with van der Waals surface area (Å²) in [7, 11) is 0. The molecular formula is C10H21Cl3N6O. The Morgan fingerprint density at radius 2 is 1.75 bits per heavy atom. The maximum absolute atomic E-state index is 8.86. The Morgan fingerprint density at radius 1 is 1.10 bits per heavy atom. The molecule has 1 saturated heterocycles. The van der Waals surface area contributed by atoms with Crippen molar-refractivity contribution in [1.29, 1.82) is 0 Å². The lowest BCUT2D eigenvalue weighted by Crippen LogP contribution is -2.47. The number of nitrogens with one attached hydrogen (secondary N) is 1. The Kier molecular flexibility index (Phi) is 12.1. The summed E-state index contributed by atoms with van der Waals surface area (Å²) in [6.07, 6.45) is 0. The van der Waals surface area contributed by atoms with E-state index in [4.69, 9.17) is 10.9 Å². The number of aliphatic hydroxyl groups is 1. The molecule has 10 heteroatoms. The summed E-state index contributed by atoms with van der Waals surface area (Å²) < 4.78 is 0. The van der Waals surface area contributed by atoms with Crippen molar-refractivity contribution in [3.8, 4) is 0 Å². The first-order valence-electron chi connectivity index (χ1n) is 5.72. The number of nitrogen functional groups attached to an aromatic ring is 1. The van der Waals surface area contributed by atoms with Crippen LogP contribution in [0.3, 0.4) is 0 Å². The van der Waals surface area contributed by atoms with Crippen LogP contribution in [0, 0.1) is 0 Å². The van der Waals surface area contributed by atoms with Crippen molar-refractivity contribution >= 4 is 48.9 Å². The third-order valence-electron chi connectivity index (χ3n) is 2.91. The summed E-state index contributed by atoms with van der Waals surface area (Å²) in [5.74, 6) is 6.66. The molecule has 1 aliphatic rings. The number of β-amino-alcohol motifs (C(OH)–C–C–N with tert-alkyl or cyclic N) is 1. The van der Waals surface area contributed by atoms with Crippen molar-refractivity contribution < 1.29 is 5.11 Å². The first-order chi connectivity index (χ1) is 8.33. The summed E-state index contributed by atoms with van der Waals surface area (Å²) in [5.41, 5.74) is 2.45. The number of nitrogens with zero attached hydrogens (tertiary/aromatic N) is 4. The third kappa shape index (κ3) is 5.82. The van der Waals surface area contributed by atoms with Crippen molar-refractivity contribution in [2.24, 2.45) is 5.84 Å². The molecule has 0 spiro atoms. The van der Waals surface area contributed by atoms with Gasteiger partial charge in [0, 0.05) is 32.7 Å². The van der Waals surface area contributed by atoms with Gasteiger partial charge in [-0.2, -0.15) is 0 Å². The standard InChI is InChI=1S/C10H18N6O.3ClH/c11-12-9-1-2-10(14-13-9)16-5-3-15(4-6-16)7-8-17;;;/h1-2,17H,3-8,11H2,(H,12,13);3*1H. The fraction of sp³-hybridized carbons (Fsp3) is 0.600. The maximum atomic E-state index is 8.86. The van der Waals surface area contributed by atoms with Crippen LogP contribution < -0.4 is 16.2 Å². The Labute approximate surface area is 137 Å². The van der Waals surface area contributed by atoms with Gasteiger partial charge in [0.1, 0.15) is 0 Å². The number of hydrazine groups is 1. The van der Waals surface area contributed by atoms with Gasteiger partial charge < -0.3 is 15.4 Å². The second-order valence-corrected chi connectivity index (χ2v) is 3.97. The molecule has 0 unspecified atom stereocenters. The van der Waals surface area contributed by atoms with E-state index in [2.05, 4.69) is 25.4 Å². The molecule has 0 saturated carbocycles. The SMILES string of the molecule is Cl.Cl.Cl.NNc1ccc(N2CCN(CCO)CC2)nn1. The lowest BCUT2D eigenvalue weighted by molar-refractivity contribution is 0.188. The summed E-state index contributed by atoms with van der Waals surface area (Å²) in [4.78, 5) is 4.42. The van der Waals surface area contributed by atoms with Gasteiger partial charge in [-0.05, 0) is 12.1 Å². The van der Waals surface area contributed by atoms with E-state index in [9.17, 15) is 0 Å². The first kappa shape index (κ1) is 21.7. The zero-order valence-corrected chi connectivity index (χ0v) is 13.4. The first-order valence-corrected chi connectivity index (χ1v) is 5.72. The van der Waals surface area contributed by atoms with Gasteiger partial charge in [-0.15, -0.1) is 47.4 Å². The molecule has 0 aliphatic carbocycles. The molecule has 0 bridgehead atoms. The molecule has 1 aromatic rings. The molecular weight excluding hydrogens is 327 g/mol. The molecule has 1 aromatic heterocycles. The molecule has 4 N–H and O–H groups in total. The number of hydrogen-bond donors (Lipinski definition) is 3. The van der Waals surface area contributed by atoms with E-state index in [-0.39, 0.29) is 43.8 Å². The zero-order valence-electron chi connectivity index (χ0n) is 10.9. The predicted molar refractivity (Wildman–Crippen MR) is 87.3 cm³/mol. The topological polar surface area (TPSA) is 90.5 Å². The van der Waals surface area contributed by atoms with Crippen LogP contribution in [0.5, 0.6) is 0 Å². The number of hydrogen-bond acceptors (Lipinski definition) is 7. The molecule has 0 aromatic carbocycles. The number of piperazine rings is 1. The number of anilines is 2. The van der Waals surface area contributed by atoms with Gasteiger partial charge in [0.05, 0.1) is 6.61 Å². The van der Waals surface area contributed by atoms with Crippen LogP contribution in [0.4, 0.5) is 11.6 Å². The highest BCUT2D eigenvalue weighted by molar-refractivity contribution is 5.86. The van der Waals surface area contributed by atoms with Crippen LogP contribution >= 0.6 is 37.2 Å². The van der Waals surface area contributed by atoms with Crippen LogP contribution in [-0.4, -0.2) is 59.5 Å². The van der Waals surface area contributed by atoms with E-state index in [1.165, 1.54) is 0 Å². The molecule has 2 rings (SSSR count). The lowest BCUT2D eigenvalue weighted by atomic mass is 10.3. The smallest absolute Gasteiger partial charge is 0.162 e. The van der Waals surface area contributed by atoms with Crippen LogP contribution in [0.15, 0.2) is 12.1 Å². The van der Waals surface area contributed by atoms with E-state index >= 15 is 0 Å². The van der Waals surface area contributed by atoms with Crippen LogP contribution in [-0.2, 0) is 0 Å². The molecule has 7 nitrogen and oxygen atoms in total. The van der Waals surface area contributed by atoms with Gasteiger partial charge in [-0.3, -0.25) is 4.90 Å². The Hall–Kier alpha value is -0.570. The average molecular weight is 348 g/mol. The van der Waals surface area contributed by atoms with Crippen LogP contribution in [0.2, 0.25) is 0 Å². The second kappa shape index (κ2) is 11.1. The highest BCUT2D eigenvalue weighted by Crippen LogP contribution is 2.13. The van der Waals surface area contributed by atoms with Gasteiger partial charge in [0.25, 0.3) is 0 Å². The summed E-state index contributed by atoms with van der Waals surface area (Å²) in [5, 5.41) is 16.9. The number of nitrogens with two attached hydrogens (primary N) is 1. The summed E-state index contributed by atoms with van der Waals surface area (Å²) in [6.45, 7) is 4.67. The predicted octanol–water partition coefficient (Wildman–Crippen LogP) is 0.142. The number of aromatic nitrogens is 2. The average Bonchev–Trinajstić information content (AvgIpc) is 2.40. The molecule has 0 radical (unpaired) electrons. The summed E-state index contributed by atoms with van der Waals surface area (Å²) in [6, 6.07) is 3.71. The molecule has 1 aliphatic heterocycles. The molecule has 2 heterocycles. The highest BCUT2D eigenvalue weighted by atomic mass is 35.5. The highest BCUT2D eigenvalue weighted by Gasteiger charge is 2.17. The van der Waals surface area contributed by atoms with Gasteiger partial charge in [0.15, 0.2) is 11.6 Å². The Morgan fingerprint density at radius 3 is 2.20 bits per heavy atom. The van der Waals surface area contributed by atoms with Gasteiger partial charge in [0.2, 0.25) is 0 Å². The largest absolute Gasteiger partial charge is 0.395 e. The number of rotatable bonds is 4. The molecule has 0 amide bonds. The lowest BCUT2D eigenvalue weighted by Gasteiger charge is -2.34. The van der Waals surface area contributed by atoms with Crippen LogP contribution in [0.25, 0.3) is 0 Å².